The predicted molar refractivity (Wildman–Crippen MR) is 169 cm³/mol. The van der Waals surface area contributed by atoms with Crippen LogP contribution in [0.1, 0.15) is 62.5 Å². The van der Waals surface area contributed by atoms with Crippen LogP contribution >= 0.6 is 0 Å². The minimum Gasteiger partial charge on any atom is -0.494 e. The molecule has 0 saturated heterocycles. The molecule has 0 radical (unpaired) electrons. The summed E-state index contributed by atoms with van der Waals surface area (Å²) in [7, 11) is 0. The Labute approximate surface area is 254 Å². The van der Waals surface area contributed by atoms with Crippen molar-refractivity contribution in [3.63, 3.8) is 0 Å². The zero-order valence-electron chi connectivity index (χ0n) is 24.3. The molecule has 222 valence electrons. The number of nitrogens with zero attached hydrogens (tertiary/aromatic N) is 2. The first-order valence-corrected chi connectivity index (χ1v) is 14.8. The maximum Gasteiger partial charge on any atom is 0.303 e. The summed E-state index contributed by atoms with van der Waals surface area (Å²) in [6, 6.07) is 24.0. The van der Waals surface area contributed by atoms with E-state index in [-0.39, 0.29) is 12.8 Å². The van der Waals surface area contributed by atoms with Crippen molar-refractivity contribution in [3.8, 4) is 23.6 Å². The van der Waals surface area contributed by atoms with Crippen LogP contribution in [0, 0.1) is 22.7 Å². The SMILES string of the molecule is N#Cc1c(C#N)c2ccc3cc(OCCCCCC(=O)O)ccc3c2c2c1ccc1cc(OCCCCCC(=O)O)ccc12. The second-order valence-corrected chi connectivity index (χ2v) is 10.8. The topological polar surface area (TPSA) is 141 Å². The Balaban J connectivity index is 1.51. The van der Waals surface area contributed by atoms with E-state index in [1.54, 1.807) is 0 Å². The van der Waals surface area contributed by atoms with Crippen molar-refractivity contribution >= 4 is 55.0 Å². The average Bonchev–Trinajstić information content (AvgIpc) is 3.02. The molecule has 0 fully saturated rings. The van der Waals surface area contributed by atoms with E-state index in [1.807, 2.05) is 60.7 Å². The van der Waals surface area contributed by atoms with E-state index in [2.05, 4.69) is 12.1 Å². The normalized spacial score (nSPS) is 11.0. The summed E-state index contributed by atoms with van der Waals surface area (Å²) in [4.78, 5) is 21.4. The zero-order valence-corrected chi connectivity index (χ0v) is 24.3. The number of hydrogen-bond acceptors (Lipinski definition) is 6. The highest BCUT2D eigenvalue weighted by molar-refractivity contribution is 6.29. The van der Waals surface area contributed by atoms with Crippen molar-refractivity contribution in [3.05, 3.63) is 71.8 Å². The van der Waals surface area contributed by atoms with Gasteiger partial charge in [-0.2, -0.15) is 10.5 Å². The van der Waals surface area contributed by atoms with Gasteiger partial charge in [0.15, 0.2) is 0 Å². The van der Waals surface area contributed by atoms with Gasteiger partial charge in [0.05, 0.1) is 24.3 Å². The van der Waals surface area contributed by atoms with E-state index in [1.165, 1.54) is 0 Å². The highest BCUT2D eigenvalue weighted by atomic mass is 16.5. The van der Waals surface area contributed by atoms with E-state index < -0.39 is 11.9 Å². The molecule has 0 aromatic heterocycles. The molecule has 0 spiro atoms. The smallest absolute Gasteiger partial charge is 0.303 e. The molecular formula is C36H32N2O6. The van der Waals surface area contributed by atoms with Gasteiger partial charge in [0.2, 0.25) is 0 Å². The van der Waals surface area contributed by atoms with E-state index in [0.717, 1.165) is 58.0 Å². The van der Waals surface area contributed by atoms with Gasteiger partial charge in [-0.3, -0.25) is 9.59 Å². The lowest BCUT2D eigenvalue weighted by Crippen LogP contribution is -1.99. The van der Waals surface area contributed by atoms with Crippen LogP contribution < -0.4 is 9.47 Å². The third kappa shape index (κ3) is 6.50. The van der Waals surface area contributed by atoms with Gasteiger partial charge in [-0.25, -0.2) is 0 Å². The van der Waals surface area contributed by atoms with Gasteiger partial charge in [0.1, 0.15) is 23.6 Å². The summed E-state index contributed by atoms with van der Waals surface area (Å²) < 4.78 is 11.9. The Bertz CT molecular complexity index is 1830. The summed E-state index contributed by atoms with van der Waals surface area (Å²) >= 11 is 0. The predicted octanol–water partition coefficient (Wildman–Crippen LogP) is 8.09. The maximum atomic E-state index is 10.7. The van der Waals surface area contributed by atoms with Gasteiger partial charge < -0.3 is 19.7 Å². The molecule has 0 heterocycles. The van der Waals surface area contributed by atoms with Crippen molar-refractivity contribution in [1.29, 1.82) is 10.5 Å². The van der Waals surface area contributed by atoms with Gasteiger partial charge in [-0.1, -0.05) is 36.4 Å². The molecule has 0 bridgehead atoms. The van der Waals surface area contributed by atoms with Gasteiger partial charge in [-0.15, -0.1) is 0 Å². The number of unbranched alkanes of at least 4 members (excludes halogenated alkanes) is 4. The molecule has 2 N–H and O–H groups in total. The van der Waals surface area contributed by atoms with Gasteiger partial charge in [0.25, 0.3) is 0 Å². The van der Waals surface area contributed by atoms with Crippen LogP contribution in [0.3, 0.4) is 0 Å². The molecule has 0 unspecified atom stereocenters. The number of aliphatic carboxylic acids is 2. The van der Waals surface area contributed by atoms with E-state index in [0.29, 0.717) is 59.5 Å². The van der Waals surface area contributed by atoms with Gasteiger partial charge >= 0.3 is 11.9 Å². The second kappa shape index (κ2) is 13.8. The summed E-state index contributed by atoms with van der Waals surface area (Å²) in [5, 5.41) is 44.8. The van der Waals surface area contributed by atoms with Crippen LogP contribution in [-0.4, -0.2) is 35.4 Å². The Morgan fingerprint density at radius 3 is 1.36 bits per heavy atom. The fourth-order valence-electron chi connectivity index (χ4n) is 5.74. The molecule has 0 aliphatic carbocycles. The molecule has 8 heteroatoms. The van der Waals surface area contributed by atoms with E-state index in [9.17, 15) is 20.1 Å². The van der Waals surface area contributed by atoms with E-state index in [4.69, 9.17) is 19.7 Å². The molecule has 5 aromatic carbocycles. The molecule has 8 nitrogen and oxygen atoms in total. The number of fused-ring (bicyclic) bond motifs is 7. The van der Waals surface area contributed by atoms with Crippen LogP contribution in [0.2, 0.25) is 0 Å². The molecule has 5 rings (SSSR count). The summed E-state index contributed by atoms with van der Waals surface area (Å²) in [6.45, 7) is 0.978. The first-order valence-electron chi connectivity index (χ1n) is 14.8. The number of carbonyl (C=O) groups is 2. The van der Waals surface area contributed by atoms with Crippen molar-refractivity contribution in [1.82, 2.24) is 0 Å². The fraction of sp³-hybridized carbons (Fsp3) is 0.278. The molecule has 0 aliphatic rings. The molecule has 5 aromatic rings. The lowest BCUT2D eigenvalue weighted by atomic mass is 9.87. The quantitative estimate of drug-likeness (QED) is 0.0979. The number of nitriles is 2. The van der Waals surface area contributed by atoms with E-state index >= 15 is 0 Å². The lowest BCUT2D eigenvalue weighted by Gasteiger charge is -2.15. The first kappa shape index (κ1) is 30.1. The number of carboxylic acid groups (broad SMARTS) is 2. The molecule has 0 saturated carbocycles. The minimum absolute atomic E-state index is 0.161. The third-order valence-corrected chi connectivity index (χ3v) is 7.85. The second-order valence-electron chi connectivity index (χ2n) is 10.8. The number of benzene rings is 5. The largest absolute Gasteiger partial charge is 0.494 e. The standard InChI is InChI=1S/C36H32N2O6/c37-21-31-29-13-9-23-19-25(43-17-5-1-3-7-33(39)40)11-15-27(23)35(29)36-28-16-12-26(44-18-6-2-4-8-34(41)42)20-24(28)10-14-30(36)32(31)22-38/h9-16,19-20H,1-8,17-18H2,(H,39,40)(H,41,42). The molecule has 0 atom stereocenters. The first-order chi connectivity index (χ1) is 21.4. The Morgan fingerprint density at radius 2 is 0.977 bits per heavy atom. The van der Waals surface area contributed by atoms with Crippen molar-refractivity contribution in [2.45, 2.75) is 51.4 Å². The number of hydrogen-bond donors (Lipinski definition) is 2. The Morgan fingerprint density at radius 1 is 0.568 bits per heavy atom. The Kier molecular flexibility index (Phi) is 9.42. The highest BCUT2D eigenvalue weighted by Crippen LogP contribution is 2.41. The summed E-state index contributed by atoms with van der Waals surface area (Å²) in [5.41, 5.74) is 0.696. The van der Waals surface area contributed by atoms with Crippen LogP contribution in [-0.2, 0) is 9.59 Å². The van der Waals surface area contributed by atoms with Crippen LogP contribution in [0.25, 0.3) is 43.1 Å². The van der Waals surface area contributed by atoms with Crippen molar-refractivity contribution < 1.29 is 29.3 Å². The molecular weight excluding hydrogens is 556 g/mol. The highest BCUT2D eigenvalue weighted by Gasteiger charge is 2.18. The molecule has 44 heavy (non-hydrogen) atoms. The van der Waals surface area contributed by atoms with Gasteiger partial charge in [0, 0.05) is 23.6 Å². The van der Waals surface area contributed by atoms with Crippen LogP contribution in [0.15, 0.2) is 60.7 Å². The Hall–Kier alpha value is -5.34. The average molecular weight is 589 g/mol. The third-order valence-electron chi connectivity index (χ3n) is 7.85. The fourth-order valence-corrected chi connectivity index (χ4v) is 5.74. The minimum atomic E-state index is -0.787. The maximum absolute atomic E-state index is 10.7. The molecule has 0 aliphatic heterocycles. The van der Waals surface area contributed by atoms with Crippen LogP contribution in [0.5, 0.6) is 11.5 Å². The number of carboxylic acids is 2. The lowest BCUT2D eigenvalue weighted by molar-refractivity contribution is -0.138. The monoisotopic (exact) mass is 588 g/mol. The summed E-state index contributed by atoms with van der Waals surface area (Å²) in [5.74, 6) is -0.152. The molecule has 0 amide bonds. The van der Waals surface area contributed by atoms with Crippen LogP contribution in [0.4, 0.5) is 0 Å². The van der Waals surface area contributed by atoms with Crippen molar-refractivity contribution in [2.24, 2.45) is 0 Å². The van der Waals surface area contributed by atoms with Crippen molar-refractivity contribution in [2.75, 3.05) is 13.2 Å². The van der Waals surface area contributed by atoms with Gasteiger partial charge in [-0.05, 0) is 95.1 Å². The number of rotatable bonds is 14. The number of ether oxygens (including phenoxy) is 2. The zero-order chi connectivity index (χ0) is 31.1. The summed E-state index contributed by atoms with van der Waals surface area (Å²) in [6.07, 6.45) is 4.65.